The molecule has 4 atom stereocenters. The highest BCUT2D eigenvalue weighted by Gasteiger charge is 2.68. The summed E-state index contributed by atoms with van der Waals surface area (Å²) in [6, 6.07) is 0. The Kier molecular flexibility index (Phi) is 4.30. The molecule has 1 fully saturated rings. The molecular formula is C13H20Cl2O3. The van der Waals surface area contributed by atoms with Gasteiger partial charge in [0.25, 0.3) is 0 Å². The number of aliphatic hydroxyl groups is 1. The Morgan fingerprint density at radius 2 is 1.72 bits per heavy atom. The number of hydrogen-bond donors (Lipinski definition) is 1. The molecule has 1 saturated carbocycles. The van der Waals surface area contributed by atoms with Crippen LogP contribution in [0.4, 0.5) is 0 Å². The lowest BCUT2D eigenvalue weighted by atomic mass is 9.86. The number of ether oxygens (including phenoxy) is 2. The first-order valence-corrected chi connectivity index (χ1v) is 7.14. The van der Waals surface area contributed by atoms with E-state index < -0.39 is 11.9 Å². The van der Waals surface area contributed by atoms with Crippen LogP contribution in [-0.4, -0.2) is 31.2 Å². The number of rotatable bonds is 5. The first-order valence-electron chi connectivity index (χ1n) is 6.38. The second-order valence-electron chi connectivity index (χ2n) is 5.08. The van der Waals surface area contributed by atoms with Gasteiger partial charge in [0.1, 0.15) is 0 Å². The molecule has 0 saturated heterocycles. The van der Waals surface area contributed by atoms with Crippen LogP contribution in [0.5, 0.6) is 0 Å². The lowest BCUT2D eigenvalue weighted by Crippen LogP contribution is -2.42. The third-order valence-electron chi connectivity index (χ3n) is 4.38. The molecular weight excluding hydrogens is 275 g/mol. The van der Waals surface area contributed by atoms with E-state index in [9.17, 15) is 5.11 Å². The summed E-state index contributed by atoms with van der Waals surface area (Å²) in [5, 5.41) is 11.5. The maximum Gasteiger partial charge on any atom is 0.185 e. The Balaban J connectivity index is 2.35. The number of aliphatic hydroxyl groups excluding tert-OH is 1. The van der Waals surface area contributed by atoms with Gasteiger partial charge in [-0.25, -0.2) is 0 Å². The summed E-state index contributed by atoms with van der Waals surface area (Å²) in [7, 11) is 3.16. The second kappa shape index (κ2) is 5.29. The maximum absolute atomic E-state index is 10.5. The Labute approximate surface area is 118 Å². The monoisotopic (exact) mass is 294 g/mol. The highest BCUT2D eigenvalue weighted by atomic mass is 35.5. The Bertz CT molecular complexity index is 352. The van der Waals surface area contributed by atoms with Gasteiger partial charge in [-0.3, -0.25) is 0 Å². The molecule has 2 bridgehead atoms. The molecule has 1 N–H and O–H groups in total. The molecule has 0 aliphatic heterocycles. The summed E-state index contributed by atoms with van der Waals surface area (Å²) in [6.45, 7) is 2.13. The van der Waals surface area contributed by atoms with Crippen molar-refractivity contribution in [1.29, 1.82) is 0 Å². The predicted molar refractivity (Wildman–Crippen MR) is 71.5 cm³/mol. The van der Waals surface area contributed by atoms with Gasteiger partial charge in [-0.05, 0) is 12.3 Å². The molecule has 0 unspecified atom stereocenters. The Hall–Kier alpha value is 0.200. The zero-order chi connectivity index (χ0) is 13.5. The van der Waals surface area contributed by atoms with E-state index >= 15 is 0 Å². The predicted octanol–water partition coefficient (Wildman–Crippen LogP) is 3.09. The van der Waals surface area contributed by atoms with Crippen LogP contribution in [0.1, 0.15) is 26.2 Å². The van der Waals surface area contributed by atoms with Crippen molar-refractivity contribution in [2.24, 2.45) is 17.8 Å². The average Bonchev–Trinajstić information content (AvgIpc) is 2.74. The molecule has 0 radical (unpaired) electrons. The largest absolute Gasteiger partial charge is 0.392 e. The molecule has 5 heteroatoms. The van der Waals surface area contributed by atoms with E-state index in [1.165, 1.54) is 0 Å². The van der Waals surface area contributed by atoms with Crippen LogP contribution in [0.2, 0.25) is 0 Å². The fourth-order valence-corrected chi connectivity index (χ4v) is 4.36. The number of unbranched alkanes of at least 4 members (excludes halogenated alkanes) is 1. The number of fused-ring (bicyclic) bond motifs is 2. The minimum Gasteiger partial charge on any atom is -0.392 e. The summed E-state index contributed by atoms with van der Waals surface area (Å²) < 4.78 is 11.1. The summed E-state index contributed by atoms with van der Waals surface area (Å²) in [5.41, 5.74) is 0. The van der Waals surface area contributed by atoms with Crippen LogP contribution in [0.3, 0.4) is 0 Å². The van der Waals surface area contributed by atoms with Crippen LogP contribution in [0.15, 0.2) is 10.1 Å². The van der Waals surface area contributed by atoms with E-state index in [4.69, 9.17) is 32.7 Å². The number of methoxy groups -OCH3 is 2. The van der Waals surface area contributed by atoms with Gasteiger partial charge in [0.05, 0.1) is 17.9 Å². The van der Waals surface area contributed by atoms with E-state index in [-0.39, 0.29) is 17.8 Å². The molecule has 0 aromatic heterocycles. The molecule has 0 amide bonds. The molecule has 104 valence electrons. The van der Waals surface area contributed by atoms with Crippen molar-refractivity contribution in [2.45, 2.75) is 38.1 Å². The smallest absolute Gasteiger partial charge is 0.185 e. The summed E-state index contributed by atoms with van der Waals surface area (Å²) in [5.74, 6) is -1.36. The number of hydrogen-bond acceptors (Lipinski definition) is 3. The third-order valence-corrected chi connectivity index (χ3v) is 5.35. The maximum atomic E-state index is 10.5. The van der Waals surface area contributed by atoms with Crippen molar-refractivity contribution in [1.82, 2.24) is 0 Å². The zero-order valence-electron chi connectivity index (χ0n) is 11.0. The molecule has 0 aromatic carbocycles. The topological polar surface area (TPSA) is 38.7 Å². The van der Waals surface area contributed by atoms with Crippen LogP contribution >= 0.6 is 23.2 Å². The third kappa shape index (κ3) is 1.75. The molecule has 3 nitrogen and oxygen atoms in total. The van der Waals surface area contributed by atoms with Crippen LogP contribution in [0, 0.1) is 17.8 Å². The Morgan fingerprint density at radius 3 is 2.17 bits per heavy atom. The second-order valence-corrected chi connectivity index (χ2v) is 5.89. The zero-order valence-corrected chi connectivity index (χ0v) is 12.5. The molecule has 18 heavy (non-hydrogen) atoms. The van der Waals surface area contributed by atoms with E-state index in [2.05, 4.69) is 6.92 Å². The summed E-state index contributed by atoms with van der Waals surface area (Å²) in [4.78, 5) is 0. The molecule has 2 aliphatic carbocycles. The number of halogens is 2. The first kappa shape index (κ1) is 14.6. The Morgan fingerprint density at radius 1 is 1.17 bits per heavy atom. The first-order chi connectivity index (χ1) is 8.55. The van der Waals surface area contributed by atoms with E-state index in [0.29, 0.717) is 10.1 Å². The van der Waals surface area contributed by atoms with E-state index in [1.54, 1.807) is 14.2 Å². The van der Waals surface area contributed by atoms with Gasteiger partial charge in [-0.15, -0.1) is 0 Å². The van der Waals surface area contributed by atoms with Crippen LogP contribution in [0.25, 0.3) is 0 Å². The summed E-state index contributed by atoms with van der Waals surface area (Å²) >= 11 is 12.5. The van der Waals surface area contributed by atoms with Crippen LogP contribution in [-0.2, 0) is 9.47 Å². The molecule has 0 spiro atoms. The van der Waals surface area contributed by atoms with Gasteiger partial charge in [0.15, 0.2) is 5.79 Å². The van der Waals surface area contributed by atoms with Crippen molar-refractivity contribution in [3.8, 4) is 0 Å². The SMILES string of the molecule is CCCC[C@@H]1[C@H](O)[C@@H]2C(Cl)=C(Cl)[C@H]1C2(OC)OC. The minimum atomic E-state index is -0.897. The molecule has 2 aliphatic rings. The quantitative estimate of drug-likeness (QED) is 0.792. The molecule has 0 heterocycles. The highest BCUT2D eigenvalue weighted by Crippen LogP contribution is 2.62. The fourth-order valence-electron chi connectivity index (χ4n) is 3.53. The van der Waals surface area contributed by atoms with Gasteiger partial charge in [0, 0.05) is 24.3 Å². The molecule has 2 rings (SSSR count). The van der Waals surface area contributed by atoms with E-state index in [1.807, 2.05) is 0 Å². The molecule has 0 aromatic rings. The van der Waals surface area contributed by atoms with Crippen LogP contribution < -0.4 is 0 Å². The van der Waals surface area contributed by atoms with Crippen molar-refractivity contribution in [2.75, 3.05) is 14.2 Å². The lowest BCUT2D eigenvalue weighted by molar-refractivity contribution is -0.236. The lowest BCUT2D eigenvalue weighted by Gasteiger charge is -2.32. The van der Waals surface area contributed by atoms with Crippen molar-refractivity contribution in [3.63, 3.8) is 0 Å². The van der Waals surface area contributed by atoms with Gasteiger partial charge in [0.2, 0.25) is 0 Å². The highest BCUT2D eigenvalue weighted by molar-refractivity contribution is 6.40. The normalized spacial score (nSPS) is 37.7. The summed E-state index contributed by atoms with van der Waals surface area (Å²) in [6.07, 6.45) is 2.50. The van der Waals surface area contributed by atoms with E-state index in [0.717, 1.165) is 19.3 Å². The van der Waals surface area contributed by atoms with Gasteiger partial charge >= 0.3 is 0 Å². The minimum absolute atomic E-state index is 0.0600. The average molecular weight is 295 g/mol. The van der Waals surface area contributed by atoms with Gasteiger partial charge in [-0.2, -0.15) is 0 Å². The van der Waals surface area contributed by atoms with Gasteiger partial charge < -0.3 is 14.6 Å². The fraction of sp³-hybridized carbons (Fsp3) is 0.846. The van der Waals surface area contributed by atoms with Gasteiger partial charge in [-0.1, -0.05) is 43.0 Å². The van der Waals surface area contributed by atoms with Crippen molar-refractivity contribution < 1.29 is 14.6 Å². The van der Waals surface area contributed by atoms with Crippen molar-refractivity contribution >= 4 is 23.2 Å². The van der Waals surface area contributed by atoms with Crippen molar-refractivity contribution in [3.05, 3.63) is 10.1 Å². The standard InChI is InChI=1S/C13H20Cl2O3/c1-4-5-6-7-8-10(14)11(15)9(12(7)16)13(8,17-2)18-3/h7-9,12,16H,4-6H2,1-3H3/t7-,8-,9-,12-/m0/s1.